The Morgan fingerprint density at radius 3 is 2.27 bits per heavy atom. The molecule has 10 nitrogen and oxygen atoms in total. The Morgan fingerprint density at radius 1 is 1.08 bits per heavy atom. The van der Waals surface area contributed by atoms with Crippen LogP contribution in [-0.2, 0) is 23.9 Å². The van der Waals surface area contributed by atoms with Crippen LogP contribution in [0.5, 0.6) is 0 Å². The van der Waals surface area contributed by atoms with Crippen LogP contribution in [0, 0.1) is 0 Å². The molecule has 0 saturated carbocycles. The van der Waals surface area contributed by atoms with Crippen molar-refractivity contribution in [3.05, 3.63) is 0 Å². The van der Waals surface area contributed by atoms with Gasteiger partial charge in [-0.25, -0.2) is 9.59 Å². The molecule has 148 valence electrons. The van der Waals surface area contributed by atoms with Crippen LogP contribution >= 0.6 is 0 Å². The number of ether oxygens (including phenoxy) is 2. The maximum absolute atomic E-state index is 12.6. The van der Waals surface area contributed by atoms with E-state index in [0.717, 1.165) is 0 Å². The molecule has 10 heteroatoms. The highest BCUT2D eigenvalue weighted by Gasteiger charge is 2.37. The second-order valence-electron chi connectivity index (χ2n) is 6.34. The minimum absolute atomic E-state index is 0.0216. The van der Waals surface area contributed by atoms with E-state index in [1.165, 1.54) is 30.9 Å². The number of rotatable bonds is 6. The van der Waals surface area contributed by atoms with Crippen molar-refractivity contribution in [1.29, 1.82) is 0 Å². The third-order valence-electron chi connectivity index (χ3n) is 3.88. The number of urea groups is 1. The van der Waals surface area contributed by atoms with Gasteiger partial charge in [0.15, 0.2) is 0 Å². The van der Waals surface area contributed by atoms with Crippen molar-refractivity contribution < 1.29 is 28.7 Å². The molecule has 4 amide bonds. The first-order valence-electron chi connectivity index (χ1n) is 8.43. The van der Waals surface area contributed by atoms with E-state index in [-0.39, 0.29) is 37.7 Å². The Morgan fingerprint density at radius 2 is 1.73 bits per heavy atom. The molecule has 1 rings (SSSR count). The van der Waals surface area contributed by atoms with Crippen molar-refractivity contribution in [3.8, 4) is 0 Å². The Hall–Kier alpha value is -2.36. The Balaban J connectivity index is 2.91. The molecule has 0 radical (unpaired) electrons. The van der Waals surface area contributed by atoms with Crippen LogP contribution in [0.15, 0.2) is 0 Å². The normalized spacial score (nSPS) is 18.3. The fraction of sp³-hybridized carbons (Fsp3) is 0.750. The molecule has 0 bridgehead atoms. The predicted molar refractivity (Wildman–Crippen MR) is 92.2 cm³/mol. The monoisotopic (exact) mass is 372 g/mol. The summed E-state index contributed by atoms with van der Waals surface area (Å²) < 4.78 is 9.45. The molecule has 1 heterocycles. The van der Waals surface area contributed by atoms with Crippen LogP contribution in [0.25, 0.3) is 0 Å². The van der Waals surface area contributed by atoms with Gasteiger partial charge in [-0.05, 0) is 20.8 Å². The summed E-state index contributed by atoms with van der Waals surface area (Å²) in [4.78, 5) is 51.5. The van der Waals surface area contributed by atoms with Crippen LogP contribution in [0.2, 0.25) is 0 Å². The van der Waals surface area contributed by atoms with E-state index in [9.17, 15) is 19.2 Å². The van der Waals surface area contributed by atoms with Crippen molar-refractivity contribution in [2.75, 3.05) is 40.5 Å². The quantitative estimate of drug-likeness (QED) is 0.574. The molecule has 2 N–H and O–H groups in total. The van der Waals surface area contributed by atoms with E-state index in [0.29, 0.717) is 6.54 Å². The van der Waals surface area contributed by atoms with Crippen molar-refractivity contribution in [2.24, 2.45) is 0 Å². The van der Waals surface area contributed by atoms with Crippen LogP contribution < -0.4 is 10.6 Å². The predicted octanol–water partition coefficient (Wildman–Crippen LogP) is -1.06. The van der Waals surface area contributed by atoms with Crippen LogP contribution in [0.3, 0.4) is 0 Å². The zero-order valence-corrected chi connectivity index (χ0v) is 15.9. The molecular formula is C16H28N4O6. The summed E-state index contributed by atoms with van der Waals surface area (Å²) in [6, 6.07) is -2.15. The van der Waals surface area contributed by atoms with Gasteiger partial charge in [0.1, 0.15) is 18.7 Å². The number of hydrogen-bond acceptors (Lipinski definition) is 6. The van der Waals surface area contributed by atoms with Gasteiger partial charge in [0.05, 0.1) is 13.7 Å². The molecule has 1 aliphatic heterocycles. The molecular weight excluding hydrogens is 344 g/mol. The first kappa shape index (κ1) is 21.7. The van der Waals surface area contributed by atoms with Crippen LogP contribution in [0.1, 0.15) is 20.8 Å². The molecule has 26 heavy (non-hydrogen) atoms. The van der Waals surface area contributed by atoms with Crippen molar-refractivity contribution in [2.45, 2.75) is 38.9 Å². The lowest BCUT2D eigenvalue weighted by Gasteiger charge is -2.40. The Labute approximate surface area is 153 Å². The maximum atomic E-state index is 12.6. The van der Waals surface area contributed by atoms with E-state index < -0.39 is 24.0 Å². The second-order valence-corrected chi connectivity index (χ2v) is 6.34. The number of esters is 1. The number of carbonyl (C=O) groups is 4. The molecule has 1 aliphatic rings. The number of piperazine rings is 1. The molecule has 0 aromatic heterocycles. The SMILES string of the molecule is COCC(=O)N1CCN(C(=O)NC(C)C)C[C@H]1C(=O)N[C@H](C)C(=O)OC. The zero-order chi connectivity index (χ0) is 19.9. The highest BCUT2D eigenvalue weighted by atomic mass is 16.5. The molecule has 0 aromatic rings. The van der Waals surface area contributed by atoms with Crippen LogP contribution in [-0.4, -0.2) is 92.2 Å². The van der Waals surface area contributed by atoms with Gasteiger partial charge in [0.25, 0.3) is 0 Å². The standard InChI is InChI=1S/C16H28N4O6/c1-10(2)17-16(24)19-6-7-20(13(21)9-25-4)12(8-19)14(22)18-11(3)15(23)26-5/h10-12H,6-9H2,1-5H3,(H,17,24)(H,18,22)/t11-,12+/m1/s1. The molecule has 2 atom stereocenters. The Bertz CT molecular complexity index is 539. The van der Waals surface area contributed by atoms with Gasteiger partial charge in [-0.1, -0.05) is 0 Å². The second kappa shape index (κ2) is 9.95. The highest BCUT2D eigenvalue weighted by Crippen LogP contribution is 2.12. The average Bonchev–Trinajstić information content (AvgIpc) is 2.59. The number of carbonyl (C=O) groups excluding carboxylic acids is 4. The average molecular weight is 372 g/mol. The van der Waals surface area contributed by atoms with Gasteiger partial charge in [0, 0.05) is 26.2 Å². The third-order valence-corrected chi connectivity index (χ3v) is 3.88. The summed E-state index contributed by atoms with van der Waals surface area (Å²) in [5, 5.41) is 5.28. The molecule has 0 aliphatic carbocycles. The first-order chi connectivity index (χ1) is 12.2. The smallest absolute Gasteiger partial charge is 0.328 e. The minimum atomic E-state index is -0.920. The lowest BCUT2D eigenvalue weighted by atomic mass is 10.1. The molecule has 0 aromatic carbocycles. The van der Waals surface area contributed by atoms with Gasteiger partial charge in [0.2, 0.25) is 11.8 Å². The van der Waals surface area contributed by atoms with E-state index in [1.54, 1.807) is 0 Å². The number of hydrogen-bond donors (Lipinski definition) is 2. The van der Waals surface area contributed by atoms with Gasteiger partial charge < -0.3 is 29.9 Å². The molecule has 0 spiro atoms. The summed E-state index contributed by atoms with van der Waals surface area (Å²) in [7, 11) is 2.61. The lowest BCUT2D eigenvalue weighted by molar-refractivity contribution is -0.149. The Kier molecular flexibility index (Phi) is 8.30. The van der Waals surface area contributed by atoms with Crippen molar-refractivity contribution >= 4 is 23.8 Å². The highest BCUT2D eigenvalue weighted by molar-refractivity contribution is 5.92. The number of nitrogens with one attached hydrogen (secondary N) is 2. The summed E-state index contributed by atoms with van der Waals surface area (Å²) in [6.45, 7) is 5.49. The van der Waals surface area contributed by atoms with E-state index >= 15 is 0 Å². The summed E-state index contributed by atoms with van der Waals surface area (Å²) in [6.07, 6.45) is 0. The summed E-state index contributed by atoms with van der Waals surface area (Å²) >= 11 is 0. The number of amides is 4. The van der Waals surface area contributed by atoms with E-state index in [2.05, 4.69) is 15.4 Å². The van der Waals surface area contributed by atoms with Gasteiger partial charge >= 0.3 is 12.0 Å². The summed E-state index contributed by atoms with van der Waals surface area (Å²) in [5.41, 5.74) is 0. The molecule has 1 fully saturated rings. The largest absolute Gasteiger partial charge is 0.467 e. The number of methoxy groups -OCH3 is 2. The van der Waals surface area contributed by atoms with E-state index in [4.69, 9.17) is 4.74 Å². The van der Waals surface area contributed by atoms with Crippen molar-refractivity contribution in [3.63, 3.8) is 0 Å². The van der Waals surface area contributed by atoms with Gasteiger partial charge in [-0.15, -0.1) is 0 Å². The molecule has 1 saturated heterocycles. The fourth-order valence-corrected chi connectivity index (χ4v) is 2.58. The fourth-order valence-electron chi connectivity index (χ4n) is 2.58. The van der Waals surface area contributed by atoms with Gasteiger partial charge in [-0.3, -0.25) is 9.59 Å². The van der Waals surface area contributed by atoms with Gasteiger partial charge in [-0.2, -0.15) is 0 Å². The third kappa shape index (κ3) is 5.87. The maximum Gasteiger partial charge on any atom is 0.328 e. The summed E-state index contributed by atoms with van der Waals surface area (Å²) in [5.74, 6) is -1.49. The lowest BCUT2D eigenvalue weighted by Crippen LogP contribution is -2.64. The zero-order valence-electron chi connectivity index (χ0n) is 15.9. The van der Waals surface area contributed by atoms with E-state index in [1.807, 2.05) is 13.8 Å². The first-order valence-corrected chi connectivity index (χ1v) is 8.43. The topological polar surface area (TPSA) is 117 Å². The number of nitrogens with zero attached hydrogens (tertiary/aromatic N) is 2. The minimum Gasteiger partial charge on any atom is -0.467 e. The molecule has 0 unspecified atom stereocenters. The van der Waals surface area contributed by atoms with Crippen molar-refractivity contribution in [1.82, 2.24) is 20.4 Å². The van der Waals surface area contributed by atoms with Crippen LogP contribution in [0.4, 0.5) is 4.79 Å².